The number of benzene rings is 1. The van der Waals surface area contributed by atoms with Crippen LogP contribution in [0.3, 0.4) is 0 Å². The minimum absolute atomic E-state index is 0.154. The van der Waals surface area contributed by atoms with Crippen LogP contribution >= 0.6 is 0 Å². The zero-order valence-corrected chi connectivity index (χ0v) is 15.0. The summed E-state index contributed by atoms with van der Waals surface area (Å²) in [7, 11) is 3.45. The minimum atomic E-state index is -0.154. The average molecular weight is 341 g/mol. The molecule has 3 aromatic rings. The molecular weight excluding hydrogens is 318 g/mol. The molecule has 2 heterocycles. The molecule has 0 saturated heterocycles. The van der Waals surface area contributed by atoms with Crippen LogP contribution in [0.5, 0.6) is 5.75 Å². The zero-order valence-electron chi connectivity index (χ0n) is 15.0. The Hall–Kier alpha value is -2.67. The second-order valence-corrected chi connectivity index (χ2v) is 6.03. The van der Waals surface area contributed by atoms with Crippen molar-refractivity contribution in [2.75, 3.05) is 13.7 Å². The van der Waals surface area contributed by atoms with E-state index in [2.05, 4.69) is 39.9 Å². The van der Waals surface area contributed by atoms with Crippen molar-refractivity contribution in [1.29, 1.82) is 0 Å². The van der Waals surface area contributed by atoms with Gasteiger partial charge in [0.25, 0.3) is 5.56 Å². The molecule has 132 valence electrons. The van der Waals surface area contributed by atoms with Gasteiger partial charge in [0.05, 0.1) is 19.9 Å². The highest BCUT2D eigenvalue weighted by molar-refractivity contribution is 5.72. The number of hydrogen-bond acceptors (Lipinski definition) is 5. The van der Waals surface area contributed by atoms with E-state index in [0.29, 0.717) is 23.4 Å². The van der Waals surface area contributed by atoms with Crippen molar-refractivity contribution in [3.8, 4) is 5.75 Å². The summed E-state index contributed by atoms with van der Waals surface area (Å²) in [5.74, 6) is 1.47. The lowest BCUT2D eigenvalue weighted by molar-refractivity contribution is 0.207. The predicted molar refractivity (Wildman–Crippen MR) is 96.6 cm³/mol. The first kappa shape index (κ1) is 17.2. The lowest BCUT2D eigenvalue weighted by atomic mass is 10.1. The first-order valence-electron chi connectivity index (χ1n) is 8.32. The van der Waals surface area contributed by atoms with Crippen LogP contribution in [0.2, 0.25) is 0 Å². The fraction of sp³-hybridized carbons (Fsp3) is 0.389. The Morgan fingerprint density at radius 1 is 1.40 bits per heavy atom. The molecule has 2 aromatic heterocycles. The summed E-state index contributed by atoms with van der Waals surface area (Å²) in [6.07, 6.45) is 1.54. The van der Waals surface area contributed by atoms with Crippen molar-refractivity contribution in [2.45, 2.75) is 26.4 Å². The summed E-state index contributed by atoms with van der Waals surface area (Å²) < 4.78 is 6.94. The number of hydrogen-bond donors (Lipinski definition) is 1. The number of rotatable bonds is 6. The Bertz CT molecular complexity index is 931. The third kappa shape index (κ3) is 3.41. The first-order chi connectivity index (χ1) is 12.0. The van der Waals surface area contributed by atoms with Crippen LogP contribution in [0.15, 0.2) is 35.3 Å². The summed E-state index contributed by atoms with van der Waals surface area (Å²) in [5, 5.41) is 4.61. The van der Waals surface area contributed by atoms with Crippen LogP contribution < -0.4 is 10.3 Å². The van der Waals surface area contributed by atoms with Gasteiger partial charge in [-0.1, -0.05) is 19.1 Å². The van der Waals surface area contributed by atoms with E-state index in [9.17, 15) is 4.79 Å². The molecule has 0 spiro atoms. The average Bonchev–Trinajstić information content (AvgIpc) is 3.00. The number of nitrogens with zero attached hydrogens (tertiary/aromatic N) is 4. The van der Waals surface area contributed by atoms with Gasteiger partial charge in [-0.2, -0.15) is 5.10 Å². The minimum Gasteiger partial charge on any atom is -0.497 e. The topological polar surface area (TPSA) is 76.0 Å². The number of H-pyrrole nitrogens is 1. The van der Waals surface area contributed by atoms with Crippen LogP contribution in [0.1, 0.15) is 31.3 Å². The molecule has 0 fully saturated rings. The number of ether oxygens (including phenoxy) is 1. The van der Waals surface area contributed by atoms with Crippen molar-refractivity contribution in [3.63, 3.8) is 0 Å². The maximum absolute atomic E-state index is 12.2. The molecule has 0 aliphatic rings. The largest absolute Gasteiger partial charge is 0.497 e. The van der Waals surface area contributed by atoms with E-state index in [-0.39, 0.29) is 11.6 Å². The highest BCUT2D eigenvalue weighted by Gasteiger charge is 2.17. The molecule has 0 saturated carbocycles. The van der Waals surface area contributed by atoms with Gasteiger partial charge in [-0.3, -0.25) is 14.4 Å². The Kier molecular flexibility index (Phi) is 4.85. The Morgan fingerprint density at radius 3 is 2.92 bits per heavy atom. The van der Waals surface area contributed by atoms with Crippen molar-refractivity contribution >= 4 is 11.0 Å². The van der Waals surface area contributed by atoms with E-state index in [1.807, 2.05) is 18.2 Å². The van der Waals surface area contributed by atoms with E-state index < -0.39 is 0 Å². The smallest absolute Gasteiger partial charge is 0.262 e. The van der Waals surface area contributed by atoms with E-state index in [0.717, 1.165) is 17.9 Å². The summed E-state index contributed by atoms with van der Waals surface area (Å²) in [4.78, 5) is 21.9. The summed E-state index contributed by atoms with van der Waals surface area (Å²) in [6.45, 7) is 5.60. The molecule has 0 radical (unpaired) electrons. The third-order valence-corrected chi connectivity index (χ3v) is 4.53. The normalized spacial score (nSPS) is 12.7. The number of aromatic nitrogens is 4. The summed E-state index contributed by atoms with van der Waals surface area (Å²) in [6, 6.07) is 8.19. The van der Waals surface area contributed by atoms with Crippen LogP contribution in [-0.4, -0.2) is 38.3 Å². The number of nitrogens with one attached hydrogen (secondary N) is 1. The fourth-order valence-electron chi connectivity index (χ4n) is 2.98. The molecule has 0 amide bonds. The van der Waals surface area contributed by atoms with Crippen LogP contribution in [0.25, 0.3) is 11.0 Å². The van der Waals surface area contributed by atoms with E-state index in [1.165, 1.54) is 0 Å². The number of aromatic amines is 1. The van der Waals surface area contributed by atoms with E-state index in [1.54, 1.807) is 25.0 Å². The Morgan fingerprint density at radius 2 is 2.20 bits per heavy atom. The third-order valence-electron chi connectivity index (χ3n) is 4.53. The predicted octanol–water partition coefficient (Wildman–Crippen LogP) is 2.25. The van der Waals surface area contributed by atoms with Crippen molar-refractivity contribution in [1.82, 2.24) is 24.6 Å². The highest BCUT2D eigenvalue weighted by Crippen LogP contribution is 2.24. The standard InChI is InChI=1S/C18H23N5O2/c1-5-23(12(2)13-7-6-8-14(9-13)25-4)11-16-20-17-15(18(24)21-16)10-19-22(17)3/h6-10,12H,5,11H2,1-4H3,(H,20,21,24)/t12-/m1/s1. The SMILES string of the molecule is CCN(Cc1nc2c(cnn2C)c(=O)[nH]1)[C@H](C)c1cccc(OC)c1. The molecule has 3 rings (SSSR count). The van der Waals surface area contributed by atoms with Gasteiger partial charge in [0, 0.05) is 13.1 Å². The van der Waals surface area contributed by atoms with Crippen molar-refractivity contribution < 1.29 is 4.74 Å². The zero-order chi connectivity index (χ0) is 18.0. The number of methoxy groups -OCH3 is 1. The molecule has 1 atom stereocenters. The Labute approximate surface area is 146 Å². The molecule has 1 aromatic carbocycles. The monoisotopic (exact) mass is 341 g/mol. The number of aryl methyl sites for hydroxylation is 1. The van der Waals surface area contributed by atoms with E-state index in [4.69, 9.17) is 4.74 Å². The van der Waals surface area contributed by atoms with Gasteiger partial charge < -0.3 is 9.72 Å². The molecule has 25 heavy (non-hydrogen) atoms. The van der Waals surface area contributed by atoms with Gasteiger partial charge in [0.15, 0.2) is 5.65 Å². The van der Waals surface area contributed by atoms with Gasteiger partial charge in [0.1, 0.15) is 17.0 Å². The maximum atomic E-state index is 12.2. The lowest BCUT2D eigenvalue weighted by Gasteiger charge is -2.27. The fourth-order valence-corrected chi connectivity index (χ4v) is 2.98. The molecule has 0 aliphatic carbocycles. The molecule has 0 bridgehead atoms. The van der Waals surface area contributed by atoms with Crippen LogP contribution in [-0.2, 0) is 13.6 Å². The maximum Gasteiger partial charge on any atom is 0.262 e. The quantitative estimate of drug-likeness (QED) is 0.744. The van der Waals surface area contributed by atoms with Gasteiger partial charge >= 0.3 is 0 Å². The highest BCUT2D eigenvalue weighted by atomic mass is 16.5. The molecule has 7 heteroatoms. The van der Waals surface area contributed by atoms with Crippen molar-refractivity contribution in [2.24, 2.45) is 7.05 Å². The van der Waals surface area contributed by atoms with Gasteiger partial charge in [-0.05, 0) is 31.2 Å². The van der Waals surface area contributed by atoms with Gasteiger partial charge in [-0.15, -0.1) is 0 Å². The molecular formula is C18H23N5O2. The lowest BCUT2D eigenvalue weighted by Crippen LogP contribution is -2.28. The van der Waals surface area contributed by atoms with E-state index >= 15 is 0 Å². The molecule has 0 unspecified atom stereocenters. The Balaban J connectivity index is 1.88. The van der Waals surface area contributed by atoms with Gasteiger partial charge in [-0.25, -0.2) is 4.98 Å². The van der Waals surface area contributed by atoms with Crippen molar-refractivity contribution in [3.05, 3.63) is 52.2 Å². The summed E-state index contributed by atoms with van der Waals surface area (Å²) >= 11 is 0. The summed E-state index contributed by atoms with van der Waals surface area (Å²) in [5.41, 5.74) is 1.60. The molecule has 1 N–H and O–H groups in total. The van der Waals surface area contributed by atoms with Crippen LogP contribution in [0.4, 0.5) is 0 Å². The van der Waals surface area contributed by atoms with Crippen LogP contribution in [0, 0.1) is 0 Å². The first-order valence-corrected chi connectivity index (χ1v) is 8.32. The number of fused-ring (bicyclic) bond motifs is 1. The molecule has 7 nitrogen and oxygen atoms in total. The second-order valence-electron chi connectivity index (χ2n) is 6.03. The van der Waals surface area contributed by atoms with Gasteiger partial charge in [0.2, 0.25) is 0 Å². The molecule has 0 aliphatic heterocycles. The second kappa shape index (κ2) is 7.06.